The largest absolute Gasteiger partial charge is 0.310 e. The van der Waals surface area contributed by atoms with Crippen LogP contribution in [-0.4, -0.2) is 15.9 Å². The summed E-state index contributed by atoms with van der Waals surface area (Å²) in [7, 11) is 0. The Morgan fingerprint density at radius 3 is 3.21 bits per heavy atom. The van der Waals surface area contributed by atoms with Crippen molar-refractivity contribution < 1.29 is 0 Å². The van der Waals surface area contributed by atoms with Crippen LogP contribution in [0.1, 0.15) is 22.7 Å². The number of fused-ring (bicyclic) bond motifs is 2. The molecule has 0 spiro atoms. The average Bonchev–Trinajstić information content (AvgIpc) is 2.95. The molecule has 19 heavy (non-hydrogen) atoms. The smallest absolute Gasteiger partial charge is 0.193 e. The highest BCUT2D eigenvalue weighted by molar-refractivity contribution is 7.15. The molecule has 0 radical (unpaired) electrons. The van der Waals surface area contributed by atoms with Crippen LogP contribution >= 0.6 is 11.3 Å². The van der Waals surface area contributed by atoms with Gasteiger partial charge in [-0.25, -0.2) is 4.98 Å². The summed E-state index contributed by atoms with van der Waals surface area (Å²) in [6.07, 6.45) is 5.37. The van der Waals surface area contributed by atoms with E-state index in [1.807, 2.05) is 0 Å². The summed E-state index contributed by atoms with van der Waals surface area (Å²) < 4.78 is 2.08. The van der Waals surface area contributed by atoms with E-state index in [-0.39, 0.29) is 0 Å². The van der Waals surface area contributed by atoms with Gasteiger partial charge in [-0.15, -0.1) is 11.3 Å². The van der Waals surface area contributed by atoms with Crippen molar-refractivity contribution in [3.8, 4) is 0 Å². The Balaban J connectivity index is 1.36. The SMILES string of the molecule is c1ccc2c(c1)CC2CNCc1cn2ccsc2n1. The molecule has 1 unspecified atom stereocenters. The third-order valence-electron chi connectivity index (χ3n) is 3.80. The molecule has 3 aromatic rings. The zero-order chi connectivity index (χ0) is 12.7. The summed E-state index contributed by atoms with van der Waals surface area (Å²) >= 11 is 1.68. The van der Waals surface area contributed by atoms with Crippen LogP contribution in [0.25, 0.3) is 4.96 Å². The Bertz CT molecular complexity index is 684. The van der Waals surface area contributed by atoms with E-state index in [1.54, 1.807) is 11.3 Å². The summed E-state index contributed by atoms with van der Waals surface area (Å²) in [5.74, 6) is 0.680. The molecule has 2 heterocycles. The van der Waals surface area contributed by atoms with Crippen molar-refractivity contribution in [1.82, 2.24) is 14.7 Å². The van der Waals surface area contributed by atoms with Gasteiger partial charge >= 0.3 is 0 Å². The van der Waals surface area contributed by atoms with Crippen molar-refractivity contribution >= 4 is 16.3 Å². The topological polar surface area (TPSA) is 29.3 Å². The second kappa shape index (κ2) is 4.47. The normalized spacial score (nSPS) is 17.4. The van der Waals surface area contributed by atoms with E-state index in [0.717, 1.165) is 23.7 Å². The van der Waals surface area contributed by atoms with Crippen LogP contribution in [-0.2, 0) is 13.0 Å². The summed E-state index contributed by atoms with van der Waals surface area (Å²) in [4.78, 5) is 5.65. The van der Waals surface area contributed by atoms with E-state index in [2.05, 4.69) is 56.7 Å². The van der Waals surface area contributed by atoms with Crippen LogP contribution in [0, 0.1) is 0 Å². The minimum absolute atomic E-state index is 0.680. The first-order chi connectivity index (χ1) is 9.40. The molecule has 1 aromatic carbocycles. The number of imidazole rings is 1. The summed E-state index contributed by atoms with van der Waals surface area (Å²) in [6, 6.07) is 8.74. The highest BCUT2D eigenvalue weighted by Gasteiger charge is 2.24. The van der Waals surface area contributed by atoms with Crippen molar-refractivity contribution in [2.75, 3.05) is 6.54 Å². The first kappa shape index (κ1) is 11.2. The van der Waals surface area contributed by atoms with Crippen LogP contribution in [0.4, 0.5) is 0 Å². The van der Waals surface area contributed by atoms with Crippen LogP contribution in [0.5, 0.6) is 0 Å². The Morgan fingerprint density at radius 2 is 2.32 bits per heavy atom. The van der Waals surface area contributed by atoms with Crippen LogP contribution in [0.2, 0.25) is 0 Å². The Hall–Kier alpha value is -1.65. The van der Waals surface area contributed by atoms with Gasteiger partial charge in [-0.2, -0.15) is 0 Å². The van der Waals surface area contributed by atoms with Gasteiger partial charge in [0.25, 0.3) is 0 Å². The van der Waals surface area contributed by atoms with Crippen molar-refractivity contribution in [3.63, 3.8) is 0 Å². The third kappa shape index (κ3) is 1.97. The zero-order valence-corrected chi connectivity index (χ0v) is 11.4. The van der Waals surface area contributed by atoms with Crippen LogP contribution < -0.4 is 5.32 Å². The Labute approximate surface area is 115 Å². The summed E-state index contributed by atoms with van der Waals surface area (Å²) in [6.45, 7) is 1.90. The zero-order valence-electron chi connectivity index (χ0n) is 10.5. The lowest BCUT2D eigenvalue weighted by atomic mass is 9.77. The lowest BCUT2D eigenvalue weighted by molar-refractivity contribution is 0.533. The molecule has 0 aliphatic heterocycles. The van der Waals surface area contributed by atoms with Gasteiger partial charge in [0.15, 0.2) is 4.96 Å². The van der Waals surface area contributed by atoms with E-state index in [1.165, 1.54) is 17.5 Å². The Morgan fingerprint density at radius 1 is 1.37 bits per heavy atom. The second-order valence-corrected chi connectivity index (χ2v) is 5.93. The van der Waals surface area contributed by atoms with Crippen molar-refractivity contribution in [2.45, 2.75) is 18.9 Å². The van der Waals surface area contributed by atoms with E-state index >= 15 is 0 Å². The number of hydrogen-bond acceptors (Lipinski definition) is 3. The second-order valence-electron chi connectivity index (χ2n) is 5.06. The maximum absolute atomic E-state index is 4.58. The highest BCUT2D eigenvalue weighted by atomic mass is 32.1. The quantitative estimate of drug-likeness (QED) is 0.789. The number of aromatic nitrogens is 2. The molecular formula is C15H15N3S. The fraction of sp³-hybridized carbons (Fsp3) is 0.267. The van der Waals surface area contributed by atoms with Gasteiger partial charge < -0.3 is 5.32 Å². The fourth-order valence-corrected chi connectivity index (χ4v) is 3.50. The molecule has 0 amide bonds. The molecule has 0 saturated carbocycles. The van der Waals surface area contributed by atoms with Gasteiger partial charge in [-0.05, 0) is 17.5 Å². The van der Waals surface area contributed by atoms with E-state index < -0.39 is 0 Å². The lowest BCUT2D eigenvalue weighted by Gasteiger charge is -2.30. The van der Waals surface area contributed by atoms with Gasteiger partial charge in [0.1, 0.15) is 0 Å². The number of benzene rings is 1. The molecule has 4 heteroatoms. The monoisotopic (exact) mass is 269 g/mol. The number of nitrogens with one attached hydrogen (secondary N) is 1. The molecule has 2 aromatic heterocycles. The van der Waals surface area contributed by atoms with Crippen molar-refractivity contribution in [2.24, 2.45) is 0 Å². The minimum atomic E-state index is 0.680. The molecule has 1 N–H and O–H groups in total. The molecule has 0 saturated heterocycles. The van der Waals surface area contributed by atoms with Gasteiger partial charge in [0, 0.05) is 36.8 Å². The predicted molar refractivity (Wildman–Crippen MR) is 77.7 cm³/mol. The summed E-state index contributed by atoms with van der Waals surface area (Å²) in [5, 5.41) is 5.58. The van der Waals surface area contributed by atoms with Crippen LogP contribution in [0.15, 0.2) is 42.0 Å². The number of rotatable bonds is 4. The van der Waals surface area contributed by atoms with Gasteiger partial charge in [-0.3, -0.25) is 4.40 Å². The fourth-order valence-electron chi connectivity index (χ4n) is 2.78. The molecule has 0 bridgehead atoms. The molecule has 1 aliphatic carbocycles. The third-order valence-corrected chi connectivity index (χ3v) is 4.57. The highest BCUT2D eigenvalue weighted by Crippen LogP contribution is 2.33. The van der Waals surface area contributed by atoms with E-state index in [0.29, 0.717) is 5.92 Å². The molecule has 1 atom stereocenters. The number of nitrogens with zero attached hydrogens (tertiary/aromatic N) is 2. The van der Waals surface area contributed by atoms with Gasteiger partial charge in [0.05, 0.1) is 5.69 Å². The predicted octanol–water partition coefficient (Wildman–Crippen LogP) is 2.83. The van der Waals surface area contributed by atoms with Gasteiger partial charge in [-0.1, -0.05) is 24.3 Å². The van der Waals surface area contributed by atoms with Crippen molar-refractivity contribution in [3.05, 3.63) is 58.9 Å². The first-order valence-corrected chi connectivity index (χ1v) is 7.48. The molecule has 3 nitrogen and oxygen atoms in total. The van der Waals surface area contributed by atoms with Crippen LogP contribution in [0.3, 0.4) is 0 Å². The molecule has 4 rings (SSSR count). The Kier molecular flexibility index (Phi) is 2.64. The summed E-state index contributed by atoms with van der Waals surface area (Å²) in [5.41, 5.74) is 4.15. The maximum atomic E-state index is 4.58. The average molecular weight is 269 g/mol. The van der Waals surface area contributed by atoms with Gasteiger partial charge in [0.2, 0.25) is 0 Å². The molecule has 1 aliphatic rings. The molecule has 0 fully saturated rings. The number of thiazole rings is 1. The van der Waals surface area contributed by atoms with E-state index in [9.17, 15) is 0 Å². The standard InChI is InChI=1S/C15H15N3S/c1-2-4-14-11(3-1)7-12(14)8-16-9-13-10-18-5-6-19-15(18)17-13/h1-6,10,12,16H,7-9H2. The molecule has 96 valence electrons. The van der Waals surface area contributed by atoms with Crippen molar-refractivity contribution in [1.29, 1.82) is 0 Å². The number of hydrogen-bond donors (Lipinski definition) is 1. The molecular weight excluding hydrogens is 254 g/mol. The van der Waals surface area contributed by atoms with E-state index in [4.69, 9.17) is 0 Å². The first-order valence-electron chi connectivity index (χ1n) is 6.60. The lowest BCUT2D eigenvalue weighted by Crippen LogP contribution is -2.28. The maximum Gasteiger partial charge on any atom is 0.193 e. The minimum Gasteiger partial charge on any atom is -0.310 e.